The summed E-state index contributed by atoms with van der Waals surface area (Å²) in [6.07, 6.45) is 9.12. The Hall–Kier alpha value is -4.34. The van der Waals surface area contributed by atoms with Gasteiger partial charge in [0.25, 0.3) is 0 Å². The van der Waals surface area contributed by atoms with E-state index in [1.807, 2.05) is 26.0 Å². The summed E-state index contributed by atoms with van der Waals surface area (Å²) in [6.45, 7) is 7.35. The molecule has 1 amide bonds. The highest BCUT2D eigenvalue weighted by atomic mass is 16.2. The van der Waals surface area contributed by atoms with E-state index in [-0.39, 0.29) is 41.9 Å². The molecule has 1 aromatic carbocycles. The Labute approximate surface area is 231 Å². The number of hydrogen-bond donors (Lipinski definition) is 0. The molecule has 2 fully saturated rings. The van der Waals surface area contributed by atoms with Gasteiger partial charge >= 0.3 is 0 Å². The molecule has 0 spiro atoms. The van der Waals surface area contributed by atoms with E-state index in [0.29, 0.717) is 35.6 Å². The van der Waals surface area contributed by atoms with Crippen molar-refractivity contribution < 1.29 is 14.4 Å². The number of likely N-dealkylation sites (tertiary alicyclic amines) is 1. The standard InChI is InChI=1S/C30H31N7O3/c1-17-10-20(21-14-33-19(3)34-15-21)11-22-28(18(2)38)35-36(29(17)22)16-27(40)37-23(12-30(4)13-25(30)37)24(39)6-7-26-31-8-5-9-32-26/h5,8-11,14-15,23,25H,6-7,12-13,16H2,1-4H3/t23-,25+,30-/m0/s1. The van der Waals surface area contributed by atoms with Gasteiger partial charge in [0.05, 0.1) is 11.6 Å². The van der Waals surface area contributed by atoms with Crippen molar-refractivity contribution >= 4 is 28.4 Å². The number of fused-ring (bicyclic) bond motifs is 2. The maximum absolute atomic E-state index is 13.8. The van der Waals surface area contributed by atoms with Gasteiger partial charge in [-0.1, -0.05) is 6.92 Å². The maximum atomic E-state index is 13.8. The van der Waals surface area contributed by atoms with Crippen molar-refractivity contribution in [2.24, 2.45) is 5.41 Å². The number of aromatic nitrogens is 6. The van der Waals surface area contributed by atoms with E-state index < -0.39 is 6.04 Å². The Morgan fingerprint density at radius 1 is 1.00 bits per heavy atom. The van der Waals surface area contributed by atoms with Crippen LogP contribution in [0.5, 0.6) is 0 Å². The van der Waals surface area contributed by atoms with E-state index in [1.165, 1.54) is 6.92 Å². The second-order valence-electron chi connectivity index (χ2n) is 11.3. The number of Topliss-reactive ketones (excluding diaryl/α,β-unsaturated/α-hetero) is 2. The van der Waals surface area contributed by atoms with Crippen molar-refractivity contribution in [3.8, 4) is 11.1 Å². The van der Waals surface area contributed by atoms with Crippen LogP contribution in [0, 0.1) is 19.3 Å². The number of ketones is 2. The Balaban J connectivity index is 1.29. The first-order valence-electron chi connectivity index (χ1n) is 13.6. The van der Waals surface area contributed by atoms with Gasteiger partial charge in [-0.3, -0.25) is 19.1 Å². The summed E-state index contributed by atoms with van der Waals surface area (Å²) in [7, 11) is 0. The largest absolute Gasteiger partial charge is 0.327 e. The molecule has 3 atom stereocenters. The fourth-order valence-electron chi connectivity index (χ4n) is 6.09. The fourth-order valence-corrected chi connectivity index (χ4v) is 6.09. The third kappa shape index (κ3) is 4.57. The van der Waals surface area contributed by atoms with Crippen molar-refractivity contribution in [2.45, 2.75) is 72.0 Å². The van der Waals surface area contributed by atoms with Gasteiger partial charge in [0.15, 0.2) is 11.6 Å². The van der Waals surface area contributed by atoms with Gasteiger partial charge in [0, 0.05) is 61.5 Å². The Morgan fingerprint density at radius 2 is 1.73 bits per heavy atom. The topological polar surface area (TPSA) is 124 Å². The molecular formula is C30H31N7O3. The van der Waals surface area contributed by atoms with Crippen LogP contribution in [-0.2, 0) is 22.6 Å². The molecule has 1 saturated carbocycles. The van der Waals surface area contributed by atoms with E-state index in [1.54, 1.807) is 40.4 Å². The molecule has 3 aromatic heterocycles. The van der Waals surface area contributed by atoms with Gasteiger partial charge in [-0.05, 0) is 61.4 Å². The van der Waals surface area contributed by atoms with Crippen LogP contribution in [0.15, 0.2) is 43.0 Å². The lowest BCUT2D eigenvalue weighted by molar-refractivity contribution is -0.139. The number of piperidine rings is 1. The predicted molar refractivity (Wildman–Crippen MR) is 147 cm³/mol. The summed E-state index contributed by atoms with van der Waals surface area (Å²) in [4.78, 5) is 58.6. The molecule has 4 aromatic rings. The zero-order chi connectivity index (χ0) is 28.2. The van der Waals surface area contributed by atoms with Gasteiger partial charge in [-0.2, -0.15) is 5.10 Å². The minimum absolute atomic E-state index is 0.0309. The lowest BCUT2D eigenvalue weighted by Crippen LogP contribution is -2.44. The van der Waals surface area contributed by atoms with Crippen LogP contribution in [0.25, 0.3) is 22.0 Å². The third-order valence-electron chi connectivity index (χ3n) is 8.28. The first kappa shape index (κ1) is 25.9. The van der Waals surface area contributed by atoms with Crippen molar-refractivity contribution in [1.82, 2.24) is 34.6 Å². The summed E-state index contributed by atoms with van der Waals surface area (Å²) in [5.41, 5.74) is 3.61. The number of hydrogen-bond acceptors (Lipinski definition) is 8. The Morgan fingerprint density at radius 3 is 2.42 bits per heavy atom. The van der Waals surface area contributed by atoms with Crippen molar-refractivity contribution in [3.05, 3.63) is 65.9 Å². The highest BCUT2D eigenvalue weighted by Gasteiger charge is 2.64. The maximum Gasteiger partial charge on any atom is 0.245 e. The summed E-state index contributed by atoms with van der Waals surface area (Å²) in [5.74, 6) is 0.992. The molecule has 0 N–H and O–H groups in total. The first-order chi connectivity index (χ1) is 19.1. The highest BCUT2D eigenvalue weighted by molar-refractivity contribution is 6.07. The van der Waals surface area contributed by atoms with Crippen LogP contribution in [0.2, 0.25) is 0 Å². The van der Waals surface area contributed by atoms with Crippen LogP contribution >= 0.6 is 0 Å². The average molecular weight is 538 g/mol. The molecule has 204 valence electrons. The molecule has 10 heteroatoms. The summed E-state index contributed by atoms with van der Waals surface area (Å²) in [5, 5.41) is 5.28. The molecule has 40 heavy (non-hydrogen) atoms. The van der Waals surface area contributed by atoms with E-state index in [2.05, 4.69) is 32.0 Å². The monoisotopic (exact) mass is 537 g/mol. The van der Waals surface area contributed by atoms with E-state index in [9.17, 15) is 14.4 Å². The molecule has 1 saturated heterocycles. The second kappa shape index (κ2) is 9.69. The number of carbonyl (C=O) groups is 3. The van der Waals surface area contributed by atoms with Gasteiger partial charge in [-0.25, -0.2) is 19.9 Å². The molecule has 6 rings (SSSR count). The Bertz CT molecular complexity index is 1650. The molecule has 10 nitrogen and oxygen atoms in total. The number of amides is 1. The molecule has 1 aliphatic heterocycles. The molecular weight excluding hydrogens is 506 g/mol. The lowest BCUT2D eigenvalue weighted by atomic mass is 9.97. The number of nitrogens with zero attached hydrogens (tertiary/aromatic N) is 7. The predicted octanol–water partition coefficient (Wildman–Crippen LogP) is 3.68. The lowest BCUT2D eigenvalue weighted by Gasteiger charge is -2.27. The Kier molecular flexibility index (Phi) is 6.28. The molecule has 0 radical (unpaired) electrons. The molecule has 1 aliphatic carbocycles. The number of aryl methyl sites for hydroxylation is 3. The smallest absolute Gasteiger partial charge is 0.245 e. The van der Waals surface area contributed by atoms with Crippen molar-refractivity contribution in [3.63, 3.8) is 0 Å². The minimum Gasteiger partial charge on any atom is -0.327 e. The van der Waals surface area contributed by atoms with Crippen LogP contribution in [-0.4, -0.2) is 64.2 Å². The number of benzene rings is 1. The summed E-state index contributed by atoms with van der Waals surface area (Å²) in [6, 6.07) is 5.22. The van der Waals surface area contributed by atoms with Gasteiger partial charge in [0.2, 0.25) is 5.91 Å². The second-order valence-corrected chi connectivity index (χ2v) is 11.3. The molecule has 0 bridgehead atoms. The highest BCUT2D eigenvalue weighted by Crippen LogP contribution is 2.59. The fraction of sp³-hybridized carbons (Fsp3) is 0.400. The van der Waals surface area contributed by atoms with E-state index >= 15 is 0 Å². The van der Waals surface area contributed by atoms with E-state index in [0.717, 1.165) is 28.6 Å². The zero-order valence-electron chi connectivity index (χ0n) is 23.1. The number of carbonyl (C=O) groups excluding carboxylic acids is 3. The SMILES string of the molecule is CC(=O)c1nn(CC(=O)N2[C@H](C(=O)CCc3ncccn3)C[C@@]3(C)C[C@@H]23)c2c(C)cc(-c3cnc(C)nc3)cc12. The van der Waals surface area contributed by atoms with Crippen LogP contribution in [0.1, 0.15) is 60.8 Å². The van der Waals surface area contributed by atoms with Gasteiger partial charge in [-0.15, -0.1) is 0 Å². The quantitative estimate of drug-likeness (QED) is 0.312. The van der Waals surface area contributed by atoms with Crippen molar-refractivity contribution in [2.75, 3.05) is 0 Å². The van der Waals surface area contributed by atoms with E-state index in [4.69, 9.17) is 0 Å². The summed E-state index contributed by atoms with van der Waals surface area (Å²) < 4.78 is 1.62. The summed E-state index contributed by atoms with van der Waals surface area (Å²) >= 11 is 0. The molecule has 0 unspecified atom stereocenters. The van der Waals surface area contributed by atoms with Gasteiger partial charge in [0.1, 0.15) is 23.9 Å². The third-order valence-corrected chi connectivity index (χ3v) is 8.28. The normalized spacial score (nSPS) is 21.4. The first-order valence-corrected chi connectivity index (χ1v) is 13.6. The van der Waals surface area contributed by atoms with Crippen molar-refractivity contribution in [1.29, 1.82) is 0 Å². The van der Waals surface area contributed by atoms with Crippen LogP contribution < -0.4 is 0 Å². The molecule has 4 heterocycles. The minimum atomic E-state index is -0.469. The molecule has 2 aliphatic rings. The van der Waals surface area contributed by atoms with Gasteiger partial charge < -0.3 is 4.90 Å². The zero-order valence-corrected chi connectivity index (χ0v) is 23.1. The average Bonchev–Trinajstić information content (AvgIpc) is 3.29. The van der Waals surface area contributed by atoms with Crippen LogP contribution in [0.4, 0.5) is 0 Å². The van der Waals surface area contributed by atoms with Crippen LogP contribution in [0.3, 0.4) is 0 Å². The number of rotatable bonds is 8.